The fourth-order valence-electron chi connectivity index (χ4n) is 8.99. The number of hydrogen-bond donors (Lipinski definition) is 1. The van der Waals surface area contributed by atoms with Crippen LogP contribution in [0, 0.1) is 46.8 Å². The molecular weight excluding hydrogens is 429 g/mol. The summed E-state index contributed by atoms with van der Waals surface area (Å²) < 4.78 is 40.0. The number of aliphatic hydroxyl groups is 1. The lowest BCUT2D eigenvalue weighted by Crippen LogP contribution is -2.51. The number of rotatable bonds is 3. The fourth-order valence-corrected chi connectivity index (χ4v) is 8.99. The van der Waals surface area contributed by atoms with Gasteiger partial charge in [-0.2, -0.15) is 18.3 Å². The summed E-state index contributed by atoms with van der Waals surface area (Å²) in [5, 5.41) is 14.4. The Hall–Kier alpha value is -1.37. The summed E-state index contributed by atoms with van der Waals surface area (Å²) in [7, 11) is 0. The van der Waals surface area contributed by atoms with E-state index in [1.165, 1.54) is 12.8 Å². The molecule has 0 aromatic carbocycles. The normalized spacial score (nSPS) is 45.2. The average Bonchev–Trinajstić information content (AvgIpc) is 3.29. The van der Waals surface area contributed by atoms with E-state index >= 15 is 0 Å². The summed E-state index contributed by atoms with van der Waals surface area (Å²) in [4.78, 5) is 13.4. The molecule has 1 heterocycles. The summed E-state index contributed by atoms with van der Waals surface area (Å²) in [5.74, 6) is 3.50. The molecular formula is C26H37F3N2O2. The minimum Gasteiger partial charge on any atom is -0.390 e. The van der Waals surface area contributed by atoms with E-state index in [4.69, 9.17) is 0 Å². The number of aromatic nitrogens is 2. The molecule has 0 saturated heterocycles. The van der Waals surface area contributed by atoms with Gasteiger partial charge >= 0.3 is 6.18 Å². The molecule has 5 rings (SSSR count). The van der Waals surface area contributed by atoms with Crippen molar-refractivity contribution >= 4 is 5.78 Å². The largest absolute Gasteiger partial charge is 0.419 e. The molecule has 0 aliphatic heterocycles. The molecule has 1 aromatic heterocycles. The van der Waals surface area contributed by atoms with Crippen LogP contribution in [0.5, 0.6) is 0 Å². The Morgan fingerprint density at radius 3 is 2.58 bits per heavy atom. The summed E-state index contributed by atoms with van der Waals surface area (Å²) in [6.07, 6.45) is 5.58. The monoisotopic (exact) mass is 466 g/mol. The van der Waals surface area contributed by atoms with E-state index in [1.807, 2.05) is 6.92 Å². The standard InChI is InChI=1S/C26H37F3N2O2/c1-15-10-21(22(32)14-31-13-17(12-30-31)26(27,28)29)25(3)9-7-19-18-6-8-24(2,33)11-16(18)4-5-20(19)23(15)25/h12-13,15-16,18-21,23,33H,4-11,14H2,1-3H3/t15-,16+,18-,19+,20+,21+,23-,24+,25+/m0/s1. The van der Waals surface area contributed by atoms with Gasteiger partial charge in [-0.3, -0.25) is 9.48 Å². The highest BCUT2D eigenvalue weighted by molar-refractivity contribution is 5.82. The third kappa shape index (κ3) is 3.96. The second-order valence-corrected chi connectivity index (χ2v) is 12.3. The lowest BCUT2D eigenvalue weighted by Gasteiger charge is -2.57. The number of nitrogens with zero attached hydrogens (tertiary/aromatic N) is 2. The molecule has 4 aliphatic rings. The van der Waals surface area contributed by atoms with Gasteiger partial charge in [0.05, 0.1) is 23.9 Å². The fraction of sp³-hybridized carbons (Fsp3) is 0.846. The Kier molecular flexibility index (Phi) is 5.54. The Morgan fingerprint density at radius 1 is 1.15 bits per heavy atom. The lowest BCUT2D eigenvalue weighted by atomic mass is 9.48. The van der Waals surface area contributed by atoms with Gasteiger partial charge in [0.25, 0.3) is 0 Å². The molecule has 4 nitrogen and oxygen atoms in total. The van der Waals surface area contributed by atoms with Crippen molar-refractivity contribution in [1.29, 1.82) is 0 Å². The Bertz CT molecular complexity index is 910. The smallest absolute Gasteiger partial charge is 0.390 e. The van der Waals surface area contributed by atoms with E-state index in [2.05, 4.69) is 18.9 Å². The van der Waals surface area contributed by atoms with E-state index in [0.717, 1.165) is 55.6 Å². The molecule has 7 heteroatoms. The highest BCUT2D eigenvalue weighted by Crippen LogP contribution is 2.66. The van der Waals surface area contributed by atoms with Gasteiger partial charge in [-0.05, 0) is 99.2 Å². The maximum atomic E-state index is 13.4. The van der Waals surface area contributed by atoms with Crippen molar-refractivity contribution < 1.29 is 23.1 Å². The average molecular weight is 467 g/mol. The Morgan fingerprint density at radius 2 is 1.88 bits per heavy atom. The van der Waals surface area contributed by atoms with Crippen LogP contribution >= 0.6 is 0 Å². The maximum absolute atomic E-state index is 13.4. The van der Waals surface area contributed by atoms with Gasteiger partial charge in [0, 0.05) is 12.1 Å². The van der Waals surface area contributed by atoms with Gasteiger partial charge in [-0.25, -0.2) is 0 Å². The third-order valence-electron chi connectivity index (χ3n) is 10.2. The molecule has 0 spiro atoms. The first-order valence-electron chi connectivity index (χ1n) is 12.7. The van der Waals surface area contributed by atoms with E-state index in [0.29, 0.717) is 35.5 Å². The van der Waals surface area contributed by atoms with Crippen molar-refractivity contribution in [3.05, 3.63) is 18.0 Å². The van der Waals surface area contributed by atoms with Crippen LogP contribution in [0.4, 0.5) is 13.2 Å². The minimum absolute atomic E-state index is 0.0320. The quantitative estimate of drug-likeness (QED) is 0.618. The van der Waals surface area contributed by atoms with E-state index in [-0.39, 0.29) is 23.7 Å². The molecule has 1 aromatic rings. The van der Waals surface area contributed by atoms with Crippen LogP contribution < -0.4 is 0 Å². The lowest BCUT2D eigenvalue weighted by molar-refractivity contribution is -0.138. The van der Waals surface area contributed by atoms with E-state index < -0.39 is 17.3 Å². The van der Waals surface area contributed by atoms with Gasteiger partial charge in [0.15, 0.2) is 5.78 Å². The second kappa shape index (κ2) is 7.82. The highest BCUT2D eigenvalue weighted by Gasteiger charge is 2.61. The molecule has 4 fully saturated rings. The van der Waals surface area contributed by atoms with Crippen molar-refractivity contribution in [2.75, 3.05) is 0 Å². The summed E-state index contributed by atoms with van der Waals surface area (Å²) in [6.45, 7) is 6.47. The SMILES string of the molecule is C[C@H]1C[C@H](C(=O)Cn2cc(C(F)(F)F)cn2)[C@@]2(C)CC[C@H]3[C@@H](CC[C@@H]4C[C@](C)(O)CC[C@@H]43)[C@H]12. The molecule has 0 radical (unpaired) electrons. The van der Waals surface area contributed by atoms with Crippen LogP contribution in [0.25, 0.3) is 0 Å². The van der Waals surface area contributed by atoms with Crippen molar-refractivity contribution in [3.63, 3.8) is 0 Å². The van der Waals surface area contributed by atoms with Gasteiger partial charge in [-0.15, -0.1) is 0 Å². The first-order valence-corrected chi connectivity index (χ1v) is 12.7. The molecule has 0 unspecified atom stereocenters. The Balaban J connectivity index is 1.32. The van der Waals surface area contributed by atoms with Crippen LogP contribution in [0.2, 0.25) is 0 Å². The van der Waals surface area contributed by atoms with Crippen molar-refractivity contribution in [3.8, 4) is 0 Å². The van der Waals surface area contributed by atoms with Gasteiger partial charge < -0.3 is 5.11 Å². The number of carbonyl (C=O) groups is 1. The van der Waals surface area contributed by atoms with Crippen molar-refractivity contribution in [1.82, 2.24) is 9.78 Å². The number of carbonyl (C=O) groups excluding carboxylic acids is 1. The molecule has 9 atom stereocenters. The molecule has 0 bridgehead atoms. The molecule has 1 N–H and O–H groups in total. The first kappa shape index (κ1) is 23.4. The second-order valence-electron chi connectivity index (χ2n) is 12.3. The number of Topliss-reactive ketones (excluding diaryl/α,β-unsaturated/α-hetero) is 1. The van der Waals surface area contributed by atoms with Crippen molar-refractivity contribution in [2.24, 2.45) is 46.8 Å². The number of ketones is 1. The third-order valence-corrected chi connectivity index (χ3v) is 10.2. The van der Waals surface area contributed by atoms with Gasteiger partial charge in [0.1, 0.15) is 0 Å². The predicted molar refractivity (Wildman–Crippen MR) is 118 cm³/mol. The topological polar surface area (TPSA) is 55.1 Å². The van der Waals surface area contributed by atoms with E-state index in [9.17, 15) is 23.1 Å². The maximum Gasteiger partial charge on any atom is 0.419 e. The zero-order chi connectivity index (χ0) is 23.8. The van der Waals surface area contributed by atoms with Crippen LogP contribution in [-0.2, 0) is 17.5 Å². The predicted octanol–water partition coefficient (Wildman–Crippen LogP) is 5.74. The zero-order valence-electron chi connectivity index (χ0n) is 19.9. The molecule has 33 heavy (non-hydrogen) atoms. The number of hydrogen-bond acceptors (Lipinski definition) is 3. The zero-order valence-corrected chi connectivity index (χ0v) is 19.9. The first-order chi connectivity index (χ1) is 15.4. The highest BCUT2D eigenvalue weighted by atomic mass is 19.4. The molecule has 0 amide bonds. The number of alkyl halides is 3. The van der Waals surface area contributed by atoms with Crippen LogP contribution in [0.1, 0.15) is 77.7 Å². The Labute approximate surface area is 194 Å². The number of fused-ring (bicyclic) bond motifs is 5. The van der Waals surface area contributed by atoms with Crippen molar-refractivity contribution in [2.45, 2.75) is 90.5 Å². The van der Waals surface area contributed by atoms with Crippen LogP contribution in [0.3, 0.4) is 0 Å². The van der Waals surface area contributed by atoms with Gasteiger partial charge in [0.2, 0.25) is 0 Å². The summed E-state index contributed by atoms with van der Waals surface area (Å²) in [5.41, 5.74) is -1.40. The summed E-state index contributed by atoms with van der Waals surface area (Å²) in [6, 6.07) is 0. The number of halogens is 3. The van der Waals surface area contributed by atoms with E-state index in [1.54, 1.807) is 0 Å². The summed E-state index contributed by atoms with van der Waals surface area (Å²) >= 11 is 0. The van der Waals surface area contributed by atoms with Gasteiger partial charge in [-0.1, -0.05) is 13.8 Å². The minimum atomic E-state index is -4.44. The van der Waals surface area contributed by atoms with Crippen LogP contribution in [-0.4, -0.2) is 26.3 Å². The molecule has 4 aliphatic carbocycles. The molecule has 184 valence electrons. The molecule has 4 saturated carbocycles. The van der Waals surface area contributed by atoms with Crippen LogP contribution in [0.15, 0.2) is 12.4 Å².